The molecule has 0 aliphatic heterocycles. The van der Waals surface area contributed by atoms with Crippen molar-refractivity contribution in [1.82, 2.24) is 5.32 Å². The van der Waals surface area contributed by atoms with E-state index in [-0.39, 0.29) is 12.5 Å². The van der Waals surface area contributed by atoms with Crippen LogP contribution in [0, 0.1) is 11.3 Å². The van der Waals surface area contributed by atoms with Crippen LogP contribution in [0.5, 0.6) is 0 Å². The Morgan fingerprint density at radius 3 is 3.08 bits per heavy atom. The van der Waals surface area contributed by atoms with Gasteiger partial charge in [0.15, 0.2) is 0 Å². The molecule has 0 unspecified atom stereocenters. The second-order valence-electron chi connectivity index (χ2n) is 2.04. The van der Waals surface area contributed by atoms with Crippen molar-refractivity contribution in [3.05, 3.63) is 17.0 Å². The van der Waals surface area contributed by atoms with Crippen molar-refractivity contribution < 1.29 is 4.79 Å². The van der Waals surface area contributed by atoms with Crippen LogP contribution in [0.15, 0.2) is 11.4 Å². The third-order valence-electron chi connectivity index (χ3n) is 1.27. The van der Waals surface area contributed by atoms with Gasteiger partial charge in [0, 0.05) is 0 Å². The van der Waals surface area contributed by atoms with E-state index < -0.39 is 0 Å². The molecule has 0 atom stereocenters. The summed E-state index contributed by atoms with van der Waals surface area (Å²) in [6.45, 7) is 0.00806. The molecule has 0 fully saturated rings. The Kier molecular flexibility index (Phi) is 2.66. The third-order valence-corrected chi connectivity index (χ3v) is 2.01. The van der Waals surface area contributed by atoms with E-state index in [1.54, 1.807) is 11.4 Å². The molecule has 62 valence electrons. The lowest BCUT2D eigenvalue weighted by atomic mass is 10.3. The van der Waals surface area contributed by atoms with Crippen molar-refractivity contribution in [2.24, 2.45) is 0 Å². The predicted octanol–water partition coefficient (Wildman–Crippen LogP) is 0.584. The minimum Gasteiger partial charge on any atom is -0.390 e. The second-order valence-corrected chi connectivity index (χ2v) is 2.99. The molecule has 0 saturated carbocycles. The van der Waals surface area contributed by atoms with Crippen molar-refractivity contribution in [1.29, 1.82) is 5.26 Å². The number of amides is 1. The number of nitrogen functional groups attached to an aromatic ring is 1. The van der Waals surface area contributed by atoms with Crippen LogP contribution in [0.3, 0.4) is 0 Å². The smallest absolute Gasteiger partial charge is 0.255 e. The Balaban J connectivity index is 2.67. The molecule has 1 aromatic heterocycles. The maximum Gasteiger partial charge on any atom is 0.255 e. The molecule has 0 aliphatic carbocycles. The molecule has 5 heteroatoms. The zero-order chi connectivity index (χ0) is 8.97. The number of hydrogen-bond acceptors (Lipinski definition) is 4. The summed E-state index contributed by atoms with van der Waals surface area (Å²) in [6.07, 6.45) is 0. The quantitative estimate of drug-likeness (QED) is 0.655. The first-order chi connectivity index (χ1) is 5.75. The van der Waals surface area contributed by atoms with Gasteiger partial charge in [-0.3, -0.25) is 4.79 Å². The standard InChI is InChI=1S/C7H7N3OS/c8-2-3-10-7(11)5-1-4-12-6(5)9/h1,4H,3,9H2,(H,10,11). The molecule has 0 spiro atoms. The molecule has 0 aromatic carbocycles. The molecule has 1 aromatic rings. The number of nitrogens with two attached hydrogens (primary N) is 1. The average molecular weight is 181 g/mol. The minimum absolute atomic E-state index is 0.00806. The minimum atomic E-state index is -0.296. The third kappa shape index (κ3) is 1.74. The summed E-state index contributed by atoms with van der Waals surface area (Å²) in [5.74, 6) is -0.296. The molecule has 1 heterocycles. The van der Waals surface area contributed by atoms with Crippen LogP contribution in [-0.4, -0.2) is 12.5 Å². The zero-order valence-electron chi connectivity index (χ0n) is 6.20. The van der Waals surface area contributed by atoms with Gasteiger partial charge >= 0.3 is 0 Å². The Bertz CT molecular complexity index is 326. The van der Waals surface area contributed by atoms with Crippen LogP contribution in [0.2, 0.25) is 0 Å². The van der Waals surface area contributed by atoms with Gasteiger partial charge in [0.05, 0.1) is 16.6 Å². The van der Waals surface area contributed by atoms with Crippen LogP contribution in [0.25, 0.3) is 0 Å². The number of thiophene rings is 1. The first-order valence-electron chi connectivity index (χ1n) is 3.24. The lowest BCUT2D eigenvalue weighted by molar-refractivity contribution is 0.0960. The van der Waals surface area contributed by atoms with Gasteiger partial charge in [0.1, 0.15) is 6.54 Å². The van der Waals surface area contributed by atoms with Gasteiger partial charge in [-0.2, -0.15) is 5.26 Å². The fraction of sp³-hybridized carbons (Fsp3) is 0.143. The molecule has 1 amide bonds. The largest absolute Gasteiger partial charge is 0.390 e. The molecule has 0 saturated heterocycles. The molecular formula is C7H7N3OS. The summed E-state index contributed by atoms with van der Waals surface area (Å²) in [5, 5.41) is 12.8. The summed E-state index contributed by atoms with van der Waals surface area (Å²) in [7, 11) is 0. The van der Waals surface area contributed by atoms with Crippen LogP contribution < -0.4 is 11.1 Å². The van der Waals surface area contributed by atoms with E-state index in [9.17, 15) is 4.79 Å². The lowest BCUT2D eigenvalue weighted by Crippen LogP contribution is -2.23. The fourth-order valence-electron chi connectivity index (χ4n) is 0.724. The highest BCUT2D eigenvalue weighted by Gasteiger charge is 2.08. The van der Waals surface area contributed by atoms with Crippen LogP contribution in [-0.2, 0) is 0 Å². The first-order valence-corrected chi connectivity index (χ1v) is 4.12. The zero-order valence-corrected chi connectivity index (χ0v) is 7.02. The Morgan fingerprint density at radius 1 is 1.83 bits per heavy atom. The fourth-order valence-corrected chi connectivity index (χ4v) is 1.36. The van der Waals surface area contributed by atoms with Crippen molar-refractivity contribution in [3.63, 3.8) is 0 Å². The van der Waals surface area contributed by atoms with Crippen molar-refractivity contribution in [2.75, 3.05) is 12.3 Å². The van der Waals surface area contributed by atoms with Gasteiger partial charge in [-0.15, -0.1) is 11.3 Å². The SMILES string of the molecule is N#CCNC(=O)c1ccsc1N. The van der Waals surface area contributed by atoms with Crippen LogP contribution >= 0.6 is 11.3 Å². The van der Waals surface area contributed by atoms with Crippen LogP contribution in [0.4, 0.5) is 5.00 Å². The number of carbonyl (C=O) groups excluding carboxylic acids is 1. The van der Waals surface area contributed by atoms with Gasteiger partial charge in [0.2, 0.25) is 0 Å². The van der Waals surface area contributed by atoms with Gasteiger partial charge in [-0.05, 0) is 11.4 Å². The maximum atomic E-state index is 11.1. The number of hydrogen-bond donors (Lipinski definition) is 2. The number of anilines is 1. The van der Waals surface area contributed by atoms with E-state index in [1.807, 2.05) is 6.07 Å². The van der Waals surface area contributed by atoms with Gasteiger partial charge in [-0.25, -0.2) is 0 Å². The van der Waals surface area contributed by atoms with E-state index in [4.69, 9.17) is 11.0 Å². The highest BCUT2D eigenvalue weighted by molar-refractivity contribution is 7.14. The molecule has 0 radical (unpaired) electrons. The Morgan fingerprint density at radius 2 is 2.58 bits per heavy atom. The summed E-state index contributed by atoms with van der Waals surface area (Å²) in [4.78, 5) is 11.1. The maximum absolute atomic E-state index is 11.1. The van der Waals surface area contributed by atoms with E-state index in [0.717, 1.165) is 0 Å². The number of nitriles is 1. The van der Waals surface area contributed by atoms with E-state index in [1.165, 1.54) is 11.3 Å². The summed E-state index contributed by atoms with van der Waals surface area (Å²) < 4.78 is 0. The van der Waals surface area contributed by atoms with E-state index >= 15 is 0 Å². The molecule has 3 N–H and O–H groups in total. The number of rotatable bonds is 2. The molecule has 0 bridgehead atoms. The topological polar surface area (TPSA) is 78.9 Å². The summed E-state index contributed by atoms with van der Waals surface area (Å²) in [5.41, 5.74) is 5.93. The monoisotopic (exact) mass is 181 g/mol. The van der Waals surface area contributed by atoms with Crippen molar-refractivity contribution in [3.8, 4) is 6.07 Å². The lowest BCUT2D eigenvalue weighted by Gasteiger charge is -1.97. The first kappa shape index (κ1) is 8.56. The predicted molar refractivity (Wildman–Crippen MR) is 46.7 cm³/mol. The molecule has 4 nitrogen and oxygen atoms in total. The van der Waals surface area contributed by atoms with E-state index in [0.29, 0.717) is 10.6 Å². The number of nitrogens with zero attached hydrogens (tertiary/aromatic N) is 1. The van der Waals surface area contributed by atoms with Crippen molar-refractivity contribution >= 4 is 22.2 Å². The highest BCUT2D eigenvalue weighted by Crippen LogP contribution is 2.18. The van der Waals surface area contributed by atoms with Gasteiger partial charge in [-0.1, -0.05) is 0 Å². The van der Waals surface area contributed by atoms with Gasteiger partial charge < -0.3 is 11.1 Å². The summed E-state index contributed by atoms with van der Waals surface area (Å²) in [6, 6.07) is 3.44. The Labute approximate surface area is 73.6 Å². The number of nitrogens with one attached hydrogen (secondary N) is 1. The summed E-state index contributed by atoms with van der Waals surface area (Å²) >= 11 is 1.30. The average Bonchev–Trinajstić information content (AvgIpc) is 2.47. The second kappa shape index (κ2) is 3.74. The highest BCUT2D eigenvalue weighted by atomic mass is 32.1. The Hall–Kier alpha value is -1.54. The van der Waals surface area contributed by atoms with E-state index in [2.05, 4.69) is 5.32 Å². The van der Waals surface area contributed by atoms with Gasteiger partial charge in [0.25, 0.3) is 5.91 Å². The molecule has 1 rings (SSSR count). The van der Waals surface area contributed by atoms with Crippen LogP contribution in [0.1, 0.15) is 10.4 Å². The normalized spacial score (nSPS) is 8.92. The molecule has 0 aliphatic rings. The molecule has 12 heavy (non-hydrogen) atoms. The molecular weight excluding hydrogens is 174 g/mol. The number of carbonyl (C=O) groups is 1. The van der Waals surface area contributed by atoms with Crippen molar-refractivity contribution in [2.45, 2.75) is 0 Å².